The highest BCUT2D eigenvalue weighted by Crippen LogP contribution is 2.40. The van der Waals surface area contributed by atoms with Crippen LogP contribution in [0.25, 0.3) is 0 Å². The lowest BCUT2D eigenvalue weighted by molar-refractivity contribution is -0.186. The molecule has 2 rings (SSSR count). The van der Waals surface area contributed by atoms with E-state index in [4.69, 9.17) is 0 Å². The Hall–Kier alpha value is -0.780. The van der Waals surface area contributed by atoms with Crippen molar-refractivity contribution < 1.29 is 18.0 Å². The standard InChI is InChI=1S/C15H25F3N2O/c1-10(12-5-3-7-19-9-12)20-14(21)11-4-2-6-13(8-11)15(16,17)18/h10-13,19H,2-9H2,1H3,(H,20,21). The van der Waals surface area contributed by atoms with Gasteiger partial charge in [0, 0.05) is 12.0 Å². The molecule has 21 heavy (non-hydrogen) atoms. The summed E-state index contributed by atoms with van der Waals surface area (Å²) in [6, 6.07) is 0.0246. The van der Waals surface area contributed by atoms with Crippen molar-refractivity contribution in [3.63, 3.8) is 0 Å². The van der Waals surface area contributed by atoms with E-state index in [-0.39, 0.29) is 24.8 Å². The van der Waals surface area contributed by atoms with E-state index in [9.17, 15) is 18.0 Å². The molecule has 6 heteroatoms. The first kappa shape index (κ1) is 16.6. The Labute approximate surface area is 124 Å². The van der Waals surface area contributed by atoms with Gasteiger partial charge in [0.1, 0.15) is 0 Å². The lowest BCUT2D eigenvalue weighted by Crippen LogP contribution is -2.47. The molecule has 2 N–H and O–H groups in total. The van der Waals surface area contributed by atoms with E-state index >= 15 is 0 Å². The summed E-state index contributed by atoms with van der Waals surface area (Å²) < 4.78 is 38.4. The van der Waals surface area contributed by atoms with E-state index in [1.165, 1.54) is 0 Å². The minimum absolute atomic E-state index is 0.0246. The second-order valence-corrected chi connectivity index (χ2v) is 6.51. The van der Waals surface area contributed by atoms with Crippen LogP contribution >= 0.6 is 0 Å². The predicted molar refractivity (Wildman–Crippen MR) is 74.7 cm³/mol. The Kier molecular flexibility index (Phi) is 5.52. The first-order chi connectivity index (χ1) is 9.88. The summed E-state index contributed by atoms with van der Waals surface area (Å²) in [4.78, 5) is 12.2. The van der Waals surface area contributed by atoms with Gasteiger partial charge in [-0.15, -0.1) is 0 Å². The Balaban J connectivity index is 1.84. The molecule has 0 spiro atoms. The lowest BCUT2D eigenvalue weighted by Gasteiger charge is -2.33. The Morgan fingerprint density at radius 2 is 2.00 bits per heavy atom. The van der Waals surface area contributed by atoms with E-state index < -0.39 is 18.0 Å². The molecule has 1 aliphatic carbocycles. The van der Waals surface area contributed by atoms with Crippen molar-refractivity contribution in [3.05, 3.63) is 0 Å². The number of rotatable bonds is 3. The molecule has 0 radical (unpaired) electrons. The first-order valence-corrected chi connectivity index (χ1v) is 7.95. The van der Waals surface area contributed by atoms with Crippen LogP contribution in [0.1, 0.15) is 45.4 Å². The highest BCUT2D eigenvalue weighted by atomic mass is 19.4. The van der Waals surface area contributed by atoms with Crippen molar-refractivity contribution in [2.45, 2.75) is 57.7 Å². The summed E-state index contributed by atoms with van der Waals surface area (Å²) in [6.45, 7) is 3.84. The van der Waals surface area contributed by atoms with Crippen LogP contribution in [0, 0.1) is 17.8 Å². The summed E-state index contributed by atoms with van der Waals surface area (Å²) in [5.41, 5.74) is 0. The zero-order chi connectivity index (χ0) is 15.5. The van der Waals surface area contributed by atoms with Gasteiger partial charge in [0.05, 0.1) is 5.92 Å². The molecule has 122 valence electrons. The van der Waals surface area contributed by atoms with Crippen LogP contribution in [0.2, 0.25) is 0 Å². The van der Waals surface area contributed by atoms with Gasteiger partial charge in [0.15, 0.2) is 0 Å². The van der Waals surface area contributed by atoms with Gasteiger partial charge in [0.2, 0.25) is 5.91 Å². The van der Waals surface area contributed by atoms with Crippen molar-refractivity contribution in [1.29, 1.82) is 0 Å². The fraction of sp³-hybridized carbons (Fsp3) is 0.933. The topological polar surface area (TPSA) is 41.1 Å². The number of carbonyl (C=O) groups is 1. The summed E-state index contributed by atoms with van der Waals surface area (Å²) in [6.07, 6.45) is -0.845. The zero-order valence-electron chi connectivity index (χ0n) is 12.5. The molecular weight excluding hydrogens is 281 g/mol. The average Bonchev–Trinajstić information content (AvgIpc) is 2.47. The van der Waals surface area contributed by atoms with Gasteiger partial charge >= 0.3 is 6.18 Å². The molecular formula is C15H25F3N2O. The van der Waals surface area contributed by atoms with Crippen molar-refractivity contribution in [2.24, 2.45) is 17.8 Å². The van der Waals surface area contributed by atoms with E-state index in [0.29, 0.717) is 18.8 Å². The number of piperidine rings is 1. The van der Waals surface area contributed by atoms with E-state index in [0.717, 1.165) is 25.9 Å². The molecule has 0 aromatic heterocycles. The smallest absolute Gasteiger partial charge is 0.353 e. The van der Waals surface area contributed by atoms with Gasteiger partial charge < -0.3 is 10.6 Å². The Morgan fingerprint density at radius 1 is 1.24 bits per heavy atom. The number of hydrogen-bond donors (Lipinski definition) is 2. The van der Waals surface area contributed by atoms with Crippen LogP contribution in [-0.2, 0) is 4.79 Å². The molecule has 4 atom stereocenters. The summed E-state index contributed by atoms with van der Waals surface area (Å²) >= 11 is 0. The fourth-order valence-electron chi connectivity index (χ4n) is 3.49. The van der Waals surface area contributed by atoms with E-state index in [1.807, 2.05) is 6.92 Å². The second-order valence-electron chi connectivity index (χ2n) is 6.51. The van der Waals surface area contributed by atoms with Gasteiger partial charge in [-0.05, 0) is 58.0 Å². The molecule has 1 amide bonds. The van der Waals surface area contributed by atoms with Crippen molar-refractivity contribution >= 4 is 5.91 Å². The van der Waals surface area contributed by atoms with Crippen LogP contribution in [0.4, 0.5) is 13.2 Å². The van der Waals surface area contributed by atoms with Gasteiger partial charge in [-0.3, -0.25) is 4.79 Å². The van der Waals surface area contributed by atoms with Crippen LogP contribution in [0.3, 0.4) is 0 Å². The third-order valence-corrected chi connectivity index (χ3v) is 4.92. The van der Waals surface area contributed by atoms with Crippen molar-refractivity contribution in [1.82, 2.24) is 10.6 Å². The average molecular weight is 306 g/mol. The SMILES string of the molecule is CC(NC(=O)C1CCCC(C(F)(F)F)C1)C1CCCNC1. The van der Waals surface area contributed by atoms with Crippen molar-refractivity contribution in [2.75, 3.05) is 13.1 Å². The number of amides is 1. The number of nitrogens with one attached hydrogen (secondary N) is 2. The molecule has 3 nitrogen and oxygen atoms in total. The quantitative estimate of drug-likeness (QED) is 0.842. The molecule has 2 aliphatic rings. The minimum Gasteiger partial charge on any atom is -0.353 e. The van der Waals surface area contributed by atoms with E-state index in [2.05, 4.69) is 10.6 Å². The van der Waals surface area contributed by atoms with Crippen LogP contribution in [0.15, 0.2) is 0 Å². The maximum Gasteiger partial charge on any atom is 0.391 e. The highest BCUT2D eigenvalue weighted by molar-refractivity contribution is 5.79. The highest BCUT2D eigenvalue weighted by Gasteiger charge is 2.43. The number of carbonyl (C=O) groups excluding carboxylic acids is 1. The van der Waals surface area contributed by atoms with E-state index in [1.54, 1.807) is 0 Å². The Bertz CT molecular complexity index is 353. The molecule has 0 aromatic rings. The van der Waals surface area contributed by atoms with Gasteiger partial charge in [0.25, 0.3) is 0 Å². The number of alkyl halides is 3. The van der Waals surface area contributed by atoms with Gasteiger partial charge in [-0.2, -0.15) is 13.2 Å². The zero-order valence-corrected chi connectivity index (χ0v) is 12.5. The van der Waals surface area contributed by atoms with Crippen LogP contribution < -0.4 is 10.6 Å². The monoisotopic (exact) mass is 306 g/mol. The largest absolute Gasteiger partial charge is 0.391 e. The molecule has 2 fully saturated rings. The van der Waals surface area contributed by atoms with Crippen LogP contribution in [0.5, 0.6) is 0 Å². The molecule has 1 saturated carbocycles. The maximum atomic E-state index is 12.8. The molecule has 0 aromatic carbocycles. The third-order valence-electron chi connectivity index (χ3n) is 4.92. The first-order valence-electron chi connectivity index (χ1n) is 7.95. The summed E-state index contributed by atoms with van der Waals surface area (Å²) in [5, 5.41) is 6.24. The molecule has 1 saturated heterocycles. The predicted octanol–water partition coefficient (Wildman–Crippen LogP) is 2.86. The number of halogens is 3. The fourth-order valence-corrected chi connectivity index (χ4v) is 3.49. The normalized spacial score (nSPS) is 32.5. The second kappa shape index (κ2) is 6.99. The summed E-state index contributed by atoms with van der Waals surface area (Å²) in [5.74, 6) is -1.61. The number of hydrogen-bond acceptors (Lipinski definition) is 2. The third kappa shape index (κ3) is 4.59. The van der Waals surface area contributed by atoms with Gasteiger partial charge in [-0.1, -0.05) is 6.42 Å². The molecule has 1 aliphatic heterocycles. The lowest BCUT2D eigenvalue weighted by atomic mass is 9.80. The molecule has 0 bridgehead atoms. The van der Waals surface area contributed by atoms with Crippen LogP contribution in [-0.4, -0.2) is 31.2 Å². The van der Waals surface area contributed by atoms with Gasteiger partial charge in [-0.25, -0.2) is 0 Å². The molecule has 4 unspecified atom stereocenters. The Morgan fingerprint density at radius 3 is 2.62 bits per heavy atom. The minimum atomic E-state index is -4.17. The summed E-state index contributed by atoms with van der Waals surface area (Å²) in [7, 11) is 0. The van der Waals surface area contributed by atoms with Crippen molar-refractivity contribution in [3.8, 4) is 0 Å². The molecule has 1 heterocycles. The maximum absolute atomic E-state index is 12.8.